The maximum atomic E-state index is 16.9. The van der Waals surface area contributed by atoms with Crippen LogP contribution in [0.2, 0.25) is 0 Å². The summed E-state index contributed by atoms with van der Waals surface area (Å²) in [5.74, 6) is -0.443. The normalized spacial score (nSPS) is 26.6. The molecule has 8 rings (SSSR count). The molecule has 10 heteroatoms. The van der Waals surface area contributed by atoms with Crippen LogP contribution in [-0.2, 0) is 11.2 Å². The summed E-state index contributed by atoms with van der Waals surface area (Å²) in [6, 6.07) is 9.54. The van der Waals surface area contributed by atoms with Crippen LogP contribution in [0.1, 0.15) is 51.0 Å². The van der Waals surface area contributed by atoms with E-state index in [0.717, 1.165) is 51.8 Å². The zero-order valence-corrected chi connectivity index (χ0v) is 25.4. The molecule has 4 aromatic rings. The summed E-state index contributed by atoms with van der Waals surface area (Å²) in [5, 5.41) is 12.3. The van der Waals surface area contributed by atoms with Gasteiger partial charge in [0.25, 0.3) is 0 Å². The molecule has 1 aromatic heterocycles. The Morgan fingerprint density at radius 1 is 1.04 bits per heavy atom. The zero-order chi connectivity index (χ0) is 30.9. The third-order valence-electron chi connectivity index (χ3n) is 10.6. The lowest BCUT2D eigenvalue weighted by Crippen LogP contribution is -2.56. The number of hydrogen-bond donors (Lipinski definition) is 1. The van der Waals surface area contributed by atoms with Crippen molar-refractivity contribution in [1.29, 1.82) is 0 Å². The Bertz CT molecular complexity index is 1820. The van der Waals surface area contributed by atoms with Crippen molar-refractivity contribution in [2.45, 2.75) is 69.2 Å². The molecule has 0 amide bonds. The van der Waals surface area contributed by atoms with Gasteiger partial charge in [-0.25, -0.2) is 13.2 Å². The summed E-state index contributed by atoms with van der Waals surface area (Å²) in [6.45, 7) is 5.42. The van der Waals surface area contributed by atoms with Gasteiger partial charge in [-0.3, -0.25) is 4.90 Å². The molecule has 1 spiro atoms. The van der Waals surface area contributed by atoms with Gasteiger partial charge in [0, 0.05) is 43.4 Å². The standard InChI is InChI=1S/C35H37F3N4O3/c1-2-24-28(37)8-5-21-15-23(43)16-27(29(21)24)25-6-7-26-31(30(25)38)39-33(44-20-34-9-3-13-42(34)18-22(36)17-34)40-32(26)41-12-4-10-35(19-41)11-14-45-35/h5-8,15-16,22,43H,2-4,9-14,17-20H2,1H3/t22-,34+,35+/m1/s1. The number of phenols is 1. The number of anilines is 1. The number of hydrogen-bond acceptors (Lipinski definition) is 7. The number of benzene rings is 3. The summed E-state index contributed by atoms with van der Waals surface area (Å²) in [5.41, 5.74) is 0.505. The monoisotopic (exact) mass is 618 g/mol. The van der Waals surface area contributed by atoms with Crippen molar-refractivity contribution in [1.82, 2.24) is 14.9 Å². The van der Waals surface area contributed by atoms with Crippen LogP contribution < -0.4 is 9.64 Å². The van der Waals surface area contributed by atoms with Gasteiger partial charge in [0.2, 0.25) is 0 Å². The molecule has 0 bridgehead atoms. The van der Waals surface area contributed by atoms with Gasteiger partial charge in [0.15, 0.2) is 5.82 Å². The Morgan fingerprint density at radius 2 is 1.89 bits per heavy atom. The Morgan fingerprint density at radius 3 is 2.69 bits per heavy atom. The van der Waals surface area contributed by atoms with Crippen molar-refractivity contribution >= 4 is 27.5 Å². The molecule has 0 radical (unpaired) electrons. The van der Waals surface area contributed by atoms with Crippen LogP contribution in [0.3, 0.4) is 0 Å². The van der Waals surface area contributed by atoms with Crippen molar-refractivity contribution in [2.75, 3.05) is 44.3 Å². The number of aromatic hydroxyl groups is 1. The molecule has 4 aliphatic rings. The second-order valence-electron chi connectivity index (χ2n) is 13.3. The zero-order valence-electron chi connectivity index (χ0n) is 25.4. The Hall–Kier alpha value is -3.63. The van der Waals surface area contributed by atoms with Gasteiger partial charge in [0.1, 0.15) is 35.7 Å². The number of alkyl halides is 1. The van der Waals surface area contributed by atoms with Crippen molar-refractivity contribution in [3.05, 3.63) is 53.6 Å². The highest BCUT2D eigenvalue weighted by atomic mass is 19.1. The lowest BCUT2D eigenvalue weighted by molar-refractivity contribution is -0.151. The maximum Gasteiger partial charge on any atom is 0.319 e. The first-order chi connectivity index (χ1) is 21.8. The summed E-state index contributed by atoms with van der Waals surface area (Å²) in [6.07, 6.45) is 4.57. The van der Waals surface area contributed by atoms with Gasteiger partial charge in [-0.1, -0.05) is 19.1 Å². The fraction of sp³-hybridized carbons (Fsp3) is 0.486. The topological polar surface area (TPSA) is 71.0 Å². The van der Waals surface area contributed by atoms with Gasteiger partial charge >= 0.3 is 6.01 Å². The summed E-state index contributed by atoms with van der Waals surface area (Å²) in [4.78, 5) is 13.8. The van der Waals surface area contributed by atoms with E-state index in [1.807, 2.05) is 6.92 Å². The molecule has 3 atom stereocenters. The summed E-state index contributed by atoms with van der Waals surface area (Å²) >= 11 is 0. The molecular weight excluding hydrogens is 581 g/mol. The minimum atomic E-state index is -0.899. The third kappa shape index (κ3) is 4.71. The van der Waals surface area contributed by atoms with Crippen LogP contribution in [0.4, 0.5) is 19.0 Å². The first kappa shape index (κ1) is 28.8. The van der Waals surface area contributed by atoms with Crippen LogP contribution in [0.25, 0.3) is 32.8 Å². The SMILES string of the molecule is CCc1c(F)ccc2cc(O)cc(-c3ccc4c(N5CCC[C@]6(CCO6)C5)nc(OC[C@@]56CCCN5C[C@H](F)C6)nc4c3F)c12. The van der Waals surface area contributed by atoms with E-state index >= 15 is 4.39 Å². The van der Waals surface area contributed by atoms with Crippen LogP contribution in [-0.4, -0.2) is 76.7 Å². The van der Waals surface area contributed by atoms with Crippen LogP contribution in [0.5, 0.6) is 11.8 Å². The molecule has 0 aliphatic carbocycles. The number of ether oxygens (including phenoxy) is 2. The molecule has 5 heterocycles. The number of nitrogens with zero attached hydrogens (tertiary/aromatic N) is 4. The van der Waals surface area contributed by atoms with E-state index in [2.05, 4.69) is 14.8 Å². The van der Waals surface area contributed by atoms with Crippen molar-refractivity contribution in [2.24, 2.45) is 0 Å². The third-order valence-corrected chi connectivity index (χ3v) is 10.6. The maximum absolute atomic E-state index is 16.9. The predicted octanol–water partition coefficient (Wildman–Crippen LogP) is 6.71. The minimum Gasteiger partial charge on any atom is -0.508 e. The second kappa shape index (κ2) is 10.7. The molecule has 0 unspecified atom stereocenters. The summed E-state index contributed by atoms with van der Waals surface area (Å²) < 4.78 is 58.6. The summed E-state index contributed by atoms with van der Waals surface area (Å²) in [7, 11) is 0. The van der Waals surface area contributed by atoms with Gasteiger partial charge in [-0.2, -0.15) is 9.97 Å². The second-order valence-corrected chi connectivity index (χ2v) is 13.3. The molecule has 3 aromatic carbocycles. The first-order valence-electron chi connectivity index (χ1n) is 16.1. The number of aromatic nitrogens is 2. The van der Waals surface area contributed by atoms with E-state index < -0.39 is 17.5 Å². The van der Waals surface area contributed by atoms with E-state index in [0.29, 0.717) is 59.0 Å². The van der Waals surface area contributed by atoms with Crippen molar-refractivity contribution in [3.63, 3.8) is 0 Å². The highest BCUT2D eigenvalue weighted by molar-refractivity contribution is 6.03. The number of phenolic OH excluding ortho intramolecular Hbond substituents is 1. The van der Waals surface area contributed by atoms with E-state index in [1.54, 1.807) is 24.3 Å². The van der Waals surface area contributed by atoms with E-state index in [9.17, 15) is 13.9 Å². The number of halogens is 3. The first-order valence-corrected chi connectivity index (χ1v) is 16.1. The smallest absolute Gasteiger partial charge is 0.319 e. The number of aryl methyl sites for hydroxylation is 1. The van der Waals surface area contributed by atoms with Gasteiger partial charge in [-0.15, -0.1) is 0 Å². The van der Waals surface area contributed by atoms with Gasteiger partial charge in [-0.05, 0) is 84.8 Å². The van der Waals surface area contributed by atoms with E-state index in [1.165, 1.54) is 12.1 Å². The molecule has 45 heavy (non-hydrogen) atoms. The number of rotatable bonds is 6. The molecule has 4 aliphatic heterocycles. The Kier molecular flexibility index (Phi) is 6.87. The average molecular weight is 619 g/mol. The van der Waals surface area contributed by atoms with Crippen molar-refractivity contribution in [3.8, 4) is 22.9 Å². The highest BCUT2D eigenvalue weighted by Gasteiger charge is 2.49. The van der Waals surface area contributed by atoms with Gasteiger partial charge < -0.3 is 19.5 Å². The predicted molar refractivity (Wildman–Crippen MR) is 167 cm³/mol. The molecule has 1 N–H and O–H groups in total. The minimum absolute atomic E-state index is 0.0414. The van der Waals surface area contributed by atoms with E-state index in [-0.39, 0.29) is 40.9 Å². The molecule has 0 saturated carbocycles. The molecule has 236 valence electrons. The van der Waals surface area contributed by atoms with E-state index in [4.69, 9.17) is 14.5 Å². The van der Waals surface area contributed by atoms with Crippen LogP contribution in [0.15, 0.2) is 36.4 Å². The highest BCUT2D eigenvalue weighted by Crippen LogP contribution is 2.43. The fourth-order valence-corrected chi connectivity index (χ4v) is 8.34. The molecular formula is C35H37F3N4O3. The largest absolute Gasteiger partial charge is 0.508 e. The molecule has 4 fully saturated rings. The number of piperidine rings is 1. The number of fused-ring (bicyclic) bond motifs is 3. The van der Waals surface area contributed by atoms with Crippen LogP contribution >= 0.6 is 0 Å². The fourth-order valence-electron chi connectivity index (χ4n) is 8.34. The molecule has 7 nitrogen and oxygen atoms in total. The van der Waals surface area contributed by atoms with Crippen LogP contribution in [0, 0.1) is 11.6 Å². The average Bonchev–Trinajstić information content (AvgIpc) is 3.55. The Labute approximate surface area is 260 Å². The van der Waals surface area contributed by atoms with Gasteiger partial charge in [0.05, 0.1) is 17.7 Å². The quantitative estimate of drug-likeness (QED) is 0.258. The Balaban J connectivity index is 1.27. The lowest BCUT2D eigenvalue weighted by atomic mass is 9.85. The lowest BCUT2D eigenvalue weighted by Gasteiger charge is -2.48. The molecule has 4 saturated heterocycles. The van der Waals surface area contributed by atoms with Crippen molar-refractivity contribution < 1.29 is 27.8 Å².